The van der Waals surface area contributed by atoms with Crippen molar-refractivity contribution in [2.75, 3.05) is 13.1 Å². The second-order valence-corrected chi connectivity index (χ2v) is 4.82. The number of likely N-dealkylation sites (tertiary alicyclic amines) is 1. The van der Waals surface area contributed by atoms with Crippen LogP contribution in [0.5, 0.6) is 0 Å². The molecule has 3 rings (SSSR count). The maximum atomic E-state index is 12.3. The molecule has 98 valence electrons. The van der Waals surface area contributed by atoms with Crippen LogP contribution in [0.1, 0.15) is 29.8 Å². The van der Waals surface area contributed by atoms with Crippen LogP contribution >= 0.6 is 0 Å². The molecular weight excluding hydrogens is 242 g/mol. The molecule has 2 aromatic rings. The summed E-state index contributed by atoms with van der Waals surface area (Å²) < 4.78 is 5.57. The Kier molecular flexibility index (Phi) is 3.07. The zero-order valence-corrected chi connectivity index (χ0v) is 10.6. The molecule has 1 fully saturated rings. The van der Waals surface area contributed by atoms with Gasteiger partial charge in [-0.1, -0.05) is 12.1 Å². The minimum Gasteiger partial charge on any atom is -0.451 e. The van der Waals surface area contributed by atoms with Crippen molar-refractivity contribution < 1.29 is 9.21 Å². The summed E-state index contributed by atoms with van der Waals surface area (Å²) in [6.07, 6.45) is 3.19. The second-order valence-electron chi connectivity index (χ2n) is 4.82. The highest BCUT2D eigenvalue weighted by molar-refractivity contribution is 5.93. The Morgan fingerprint density at radius 2 is 1.84 bits per heavy atom. The molecule has 19 heavy (non-hydrogen) atoms. The van der Waals surface area contributed by atoms with Crippen LogP contribution < -0.4 is 5.43 Å². The number of fused-ring (bicyclic) bond motifs is 1. The Labute approximate surface area is 110 Å². The largest absolute Gasteiger partial charge is 0.451 e. The van der Waals surface area contributed by atoms with Gasteiger partial charge in [0.1, 0.15) is 5.58 Å². The van der Waals surface area contributed by atoms with Gasteiger partial charge < -0.3 is 9.32 Å². The van der Waals surface area contributed by atoms with Gasteiger partial charge in [-0.3, -0.25) is 9.59 Å². The van der Waals surface area contributed by atoms with Crippen molar-refractivity contribution in [3.8, 4) is 0 Å². The molecule has 4 nitrogen and oxygen atoms in total. The molecular formula is C15H15NO3. The topological polar surface area (TPSA) is 50.5 Å². The molecule has 1 aromatic carbocycles. The van der Waals surface area contributed by atoms with Gasteiger partial charge in [-0.2, -0.15) is 0 Å². The van der Waals surface area contributed by atoms with Crippen LogP contribution in [-0.2, 0) is 0 Å². The molecule has 1 saturated heterocycles. The molecule has 0 bridgehead atoms. The van der Waals surface area contributed by atoms with Crippen LogP contribution in [0, 0.1) is 0 Å². The molecule has 1 aliphatic heterocycles. The first-order valence-corrected chi connectivity index (χ1v) is 6.58. The van der Waals surface area contributed by atoms with Crippen molar-refractivity contribution in [1.82, 2.24) is 4.90 Å². The summed E-state index contributed by atoms with van der Waals surface area (Å²) >= 11 is 0. The molecule has 1 aliphatic rings. The quantitative estimate of drug-likeness (QED) is 0.788. The predicted molar refractivity (Wildman–Crippen MR) is 72.2 cm³/mol. The zero-order valence-electron chi connectivity index (χ0n) is 10.6. The SMILES string of the molecule is O=C(c1cc(=O)c2ccccc2o1)N1CCCCC1. The number of hydrogen-bond acceptors (Lipinski definition) is 3. The monoisotopic (exact) mass is 257 g/mol. The van der Waals surface area contributed by atoms with Crippen molar-refractivity contribution in [3.63, 3.8) is 0 Å². The summed E-state index contributed by atoms with van der Waals surface area (Å²) in [5.41, 5.74) is 0.303. The van der Waals surface area contributed by atoms with Gasteiger partial charge in [0.2, 0.25) is 0 Å². The minimum atomic E-state index is -0.178. The first kappa shape index (κ1) is 12.0. The molecule has 0 radical (unpaired) electrons. The van der Waals surface area contributed by atoms with Crippen molar-refractivity contribution in [2.45, 2.75) is 19.3 Å². The summed E-state index contributed by atoms with van der Waals surface area (Å²) in [5, 5.41) is 0.512. The van der Waals surface area contributed by atoms with Crippen LogP contribution in [0.15, 0.2) is 39.5 Å². The summed E-state index contributed by atoms with van der Waals surface area (Å²) in [5.74, 6) is -0.0341. The standard InChI is InChI=1S/C15H15NO3/c17-12-10-14(15(18)16-8-4-1-5-9-16)19-13-7-3-2-6-11(12)13/h2-3,6-7,10H,1,4-5,8-9H2. The Morgan fingerprint density at radius 3 is 2.63 bits per heavy atom. The van der Waals surface area contributed by atoms with Crippen LogP contribution in [-0.4, -0.2) is 23.9 Å². The number of nitrogens with zero attached hydrogens (tertiary/aromatic N) is 1. The van der Waals surface area contributed by atoms with E-state index in [0.29, 0.717) is 11.0 Å². The Balaban J connectivity index is 2.00. The summed E-state index contributed by atoms with van der Waals surface area (Å²) in [7, 11) is 0. The molecule has 4 heteroatoms. The fraction of sp³-hybridized carbons (Fsp3) is 0.333. The first-order valence-electron chi connectivity index (χ1n) is 6.58. The third-order valence-electron chi connectivity index (χ3n) is 3.49. The number of amides is 1. The summed E-state index contributed by atoms with van der Waals surface area (Å²) in [4.78, 5) is 26.0. The molecule has 1 aromatic heterocycles. The van der Waals surface area contributed by atoms with Crippen molar-refractivity contribution in [1.29, 1.82) is 0 Å². The molecule has 0 saturated carbocycles. The lowest BCUT2D eigenvalue weighted by Crippen LogP contribution is -2.35. The third kappa shape index (κ3) is 2.26. The van der Waals surface area contributed by atoms with E-state index in [2.05, 4.69) is 0 Å². The van der Waals surface area contributed by atoms with Crippen molar-refractivity contribution in [3.05, 3.63) is 46.3 Å². The Morgan fingerprint density at radius 1 is 1.11 bits per heavy atom. The fourth-order valence-electron chi connectivity index (χ4n) is 2.46. The zero-order chi connectivity index (χ0) is 13.2. The van der Waals surface area contributed by atoms with E-state index in [1.165, 1.54) is 6.07 Å². The highest BCUT2D eigenvalue weighted by Gasteiger charge is 2.21. The van der Waals surface area contributed by atoms with E-state index in [1.807, 2.05) is 0 Å². The number of carbonyl (C=O) groups is 1. The Hall–Kier alpha value is -2.10. The van der Waals surface area contributed by atoms with E-state index in [1.54, 1.807) is 29.2 Å². The lowest BCUT2D eigenvalue weighted by Gasteiger charge is -2.26. The number of carbonyl (C=O) groups excluding carboxylic acids is 1. The van der Waals surface area contributed by atoms with E-state index in [-0.39, 0.29) is 17.1 Å². The number of hydrogen-bond donors (Lipinski definition) is 0. The molecule has 1 amide bonds. The molecule has 0 spiro atoms. The maximum absolute atomic E-state index is 12.3. The summed E-state index contributed by atoms with van der Waals surface area (Å²) in [6, 6.07) is 8.30. The minimum absolute atomic E-state index is 0.144. The number of para-hydroxylation sites is 1. The van der Waals surface area contributed by atoms with Crippen molar-refractivity contribution >= 4 is 16.9 Å². The Bertz CT molecular complexity index is 668. The van der Waals surface area contributed by atoms with Crippen molar-refractivity contribution in [2.24, 2.45) is 0 Å². The highest BCUT2D eigenvalue weighted by Crippen LogP contribution is 2.16. The lowest BCUT2D eigenvalue weighted by atomic mass is 10.1. The fourth-order valence-corrected chi connectivity index (χ4v) is 2.46. The van der Waals surface area contributed by atoms with E-state index in [0.717, 1.165) is 32.4 Å². The molecule has 0 aliphatic carbocycles. The normalized spacial score (nSPS) is 15.7. The predicted octanol–water partition coefficient (Wildman–Crippen LogP) is 2.42. The number of rotatable bonds is 1. The van der Waals surface area contributed by atoms with Gasteiger partial charge in [-0.25, -0.2) is 0 Å². The highest BCUT2D eigenvalue weighted by atomic mass is 16.3. The van der Waals surface area contributed by atoms with Gasteiger partial charge in [0.15, 0.2) is 11.2 Å². The number of piperidine rings is 1. The van der Waals surface area contributed by atoms with E-state index < -0.39 is 0 Å². The number of benzene rings is 1. The van der Waals surface area contributed by atoms with Gasteiger partial charge in [-0.15, -0.1) is 0 Å². The van der Waals surface area contributed by atoms with Gasteiger partial charge in [0.05, 0.1) is 5.39 Å². The summed E-state index contributed by atoms with van der Waals surface area (Å²) in [6.45, 7) is 1.49. The molecule has 0 atom stereocenters. The van der Waals surface area contributed by atoms with Gasteiger partial charge >= 0.3 is 0 Å². The maximum Gasteiger partial charge on any atom is 0.289 e. The lowest BCUT2D eigenvalue weighted by molar-refractivity contribution is 0.0692. The molecule has 0 unspecified atom stereocenters. The van der Waals surface area contributed by atoms with Crippen LogP contribution in [0.4, 0.5) is 0 Å². The van der Waals surface area contributed by atoms with Gasteiger partial charge in [0.25, 0.3) is 5.91 Å². The second kappa shape index (κ2) is 4.88. The van der Waals surface area contributed by atoms with E-state index in [4.69, 9.17) is 4.42 Å². The first-order chi connectivity index (χ1) is 9.25. The smallest absolute Gasteiger partial charge is 0.289 e. The van der Waals surface area contributed by atoms with Gasteiger partial charge in [-0.05, 0) is 31.4 Å². The van der Waals surface area contributed by atoms with Gasteiger partial charge in [0, 0.05) is 19.2 Å². The molecule has 2 heterocycles. The van der Waals surface area contributed by atoms with Crippen LogP contribution in [0.2, 0.25) is 0 Å². The third-order valence-corrected chi connectivity index (χ3v) is 3.49. The van der Waals surface area contributed by atoms with Crippen LogP contribution in [0.25, 0.3) is 11.0 Å². The average Bonchev–Trinajstić information content (AvgIpc) is 2.47. The molecule has 0 N–H and O–H groups in total. The van der Waals surface area contributed by atoms with E-state index >= 15 is 0 Å². The van der Waals surface area contributed by atoms with Crippen LogP contribution in [0.3, 0.4) is 0 Å². The van der Waals surface area contributed by atoms with E-state index in [9.17, 15) is 9.59 Å². The average molecular weight is 257 g/mol.